The van der Waals surface area contributed by atoms with E-state index >= 15 is 0 Å². The Kier molecular flexibility index (Phi) is 4.25. The van der Waals surface area contributed by atoms with Gasteiger partial charge in [-0.05, 0) is 18.2 Å². The van der Waals surface area contributed by atoms with E-state index in [2.05, 4.69) is 25.8 Å². The number of aromatic nitrogens is 1. The molecule has 106 valence electrons. The van der Waals surface area contributed by atoms with Gasteiger partial charge in [-0.25, -0.2) is 9.37 Å². The smallest absolute Gasteiger partial charge is 0.172 e. The number of thiazole rings is 1. The minimum absolute atomic E-state index is 0.0523. The molecular weight excluding hydrogens is 297 g/mol. The van der Waals surface area contributed by atoms with Crippen molar-refractivity contribution in [2.45, 2.75) is 32.6 Å². The van der Waals surface area contributed by atoms with Gasteiger partial charge in [0.2, 0.25) is 0 Å². The Hall–Kier alpha value is -1.26. The zero-order valence-corrected chi connectivity index (χ0v) is 13.1. The number of hydrogen-bond donors (Lipinski definition) is 0. The highest BCUT2D eigenvalue weighted by atomic mass is 35.5. The average molecular weight is 312 g/mol. The molecule has 0 aliphatic carbocycles. The lowest BCUT2D eigenvalue weighted by Crippen LogP contribution is -2.12. The molecule has 0 spiro atoms. The summed E-state index contributed by atoms with van der Waals surface area (Å²) in [6.07, 6.45) is 0.110. The predicted molar refractivity (Wildman–Crippen MR) is 80.3 cm³/mol. The topological polar surface area (TPSA) is 30.0 Å². The Balaban J connectivity index is 2.17. The van der Waals surface area contributed by atoms with Gasteiger partial charge < -0.3 is 0 Å². The average Bonchev–Trinajstić information content (AvgIpc) is 2.76. The van der Waals surface area contributed by atoms with Crippen molar-refractivity contribution in [3.05, 3.63) is 50.7 Å². The summed E-state index contributed by atoms with van der Waals surface area (Å²) >= 11 is 7.10. The Labute approximate surface area is 126 Å². The lowest BCUT2D eigenvalue weighted by molar-refractivity contribution is 0.0989. The first-order chi connectivity index (χ1) is 9.27. The maximum absolute atomic E-state index is 13.7. The maximum atomic E-state index is 13.7. The Morgan fingerprint density at radius 1 is 1.40 bits per heavy atom. The highest BCUT2D eigenvalue weighted by molar-refractivity contribution is 7.09. The summed E-state index contributed by atoms with van der Waals surface area (Å²) in [5.41, 5.74) is 0.951. The highest BCUT2D eigenvalue weighted by Crippen LogP contribution is 2.25. The first-order valence-electron chi connectivity index (χ1n) is 6.20. The Morgan fingerprint density at radius 2 is 2.10 bits per heavy atom. The molecule has 0 bridgehead atoms. The highest BCUT2D eigenvalue weighted by Gasteiger charge is 2.19. The van der Waals surface area contributed by atoms with Crippen molar-refractivity contribution in [2.24, 2.45) is 0 Å². The first-order valence-corrected chi connectivity index (χ1v) is 7.46. The molecule has 0 N–H and O–H groups in total. The molecular formula is C15H15ClFNOS. The van der Waals surface area contributed by atoms with Gasteiger partial charge in [-0.2, -0.15) is 0 Å². The van der Waals surface area contributed by atoms with E-state index in [9.17, 15) is 9.18 Å². The largest absolute Gasteiger partial charge is 0.294 e. The van der Waals surface area contributed by atoms with Crippen molar-refractivity contribution in [1.82, 2.24) is 4.98 Å². The van der Waals surface area contributed by atoms with E-state index in [1.807, 2.05) is 5.38 Å². The number of halogens is 2. The van der Waals surface area contributed by atoms with E-state index in [4.69, 9.17) is 11.6 Å². The third-order valence-corrected chi connectivity index (χ3v) is 3.95. The molecule has 1 aromatic carbocycles. The van der Waals surface area contributed by atoms with Gasteiger partial charge in [-0.1, -0.05) is 32.4 Å². The van der Waals surface area contributed by atoms with Gasteiger partial charge in [-0.3, -0.25) is 4.79 Å². The van der Waals surface area contributed by atoms with Gasteiger partial charge in [-0.15, -0.1) is 11.3 Å². The summed E-state index contributed by atoms with van der Waals surface area (Å²) in [6.45, 7) is 6.19. The number of benzene rings is 1. The van der Waals surface area contributed by atoms with Crippen molar-refractivity contribution in [3.63, 3.8) is 0 Å². The quantitative estimate of drug-likeness (QED) is 0.772. The standard InChI is InChI=1S/C15H15ClFNOS/c1-15(2,3)13-8-20-14(18-13)7-12(19)10-5-4-9(16)6-11(10)17/h4-6,8H,7H2,1-3H3. The molecule has 0 aliphatic heterocycles. The SMILES string of the molecule is CC(C)(C)c1csc(CC(=O)c2ccc(Cl)cc2F)n1. The fourth-order valence-corrected chi connectivity index (χ4v) is 2.86. The van der Waals surface area contributed by atoms with E-state index in [0.29, 0.717) is 5.01 Å². The van der Waals surface area contributed by atoms with Crippen LogP contribution in [0.4, 0.5) is 4.39 Å². The lowest BCUT2D eigenvalue weighted by Gasteiger charge is -2.14. The summed E-state index contributed by atoms with van der Waals surface area (Å²) in [4.78, 5) is 16.5. The molecule has 0 radical (unpaired) electrons. The van der Waals surface area contributed by atoms with Crippen molar-refractivity contribution in [2.75, 3.05) is 0 Å². The Morgan fingerprint density at radius 3 is 2.65 bits per heavy atom. The molecule has 1 aromatic heterocycles. The monoisotopic (exact) mass is 311 g/mol. The van der Waals surface area contributed by atoms with Crippen LogP contribution >= 0.6 is 22.9 Å². The summed E-state index contributed by atoms with van der Waals surface area (Å²) < 4.78 is 13.7. The molecule has 0 unspecified atom stereocenters. The molecule has 0 saturated carbocycles. The summed E-state index contributed by atoms with van der Waals surface area (Å²) in [6, 6.07) is 4.08. The minimum Gasteiger partial charge on any atom is -0.294 e. The molecule has 2 aromatic rings. The van der Waals surface area contributed by atoms with Crippen LogP contribution in [0.1, 0.15) is 41.8 Å². The van der Waals surface area contributed by atoms with Crippen LogP contribution in [0.5, 0.6) is 0 Å². The second-order valence-electron chi connectivity index (χ2n) is 5.60. The van der Waals surface area contributed by atoms with Crippen LogP contribution in [0.15, 0.2) is 23.6 Å². The van der Waals surface area contributed by atoms with Gasteiger partial charge in [0, 0.05) is 15.8 Å². The van der Waals surface area contributed by atoms with Crippen LogP contribution in [0.3, 0.4) is 0 Å². The van der Waals surface area contributed by atoms with Crippen LogP contribution in [0, 0.1) is 5.82 Å². The maximum Gasteiger partial charge on any atom is 0.172 e. The molecule has 0 saturated heterocycles. The van der Waals surface area contributed by atoms with Crippen LogP contribution in [-0.2, 0) is 11.8 Å². The number of carbonyl (C=O) groups is 1. The number of ketones is 1. The van der Waals surface area contributed by atoms with Crippen molar-refractivity contribution in [1.29, 1.82) is 0 Å². The molecule has 2 rings (SSSR count). The van der Waals surface area contributed by atoms with E-state index in [-0.39, 0.29) is 28.2 Å². The number of hydrogen-bond acceptors (Lipinski definition) is 3. The third-order valence-electron chi connectivity index (χ3n) is 2.86. The van der Waals surface area contributed by atoms with E-state index in [1.54, 1.807) is 0 Å². The fraction of sp³-hybridized carbons (Fsp3) is 0.333. The lowest BCUT2D eigenvalue weighted by atomic mass is 9.93. The van der Waals surface area contributed by atoms with Gasteiger partial charge in [0.15, 0.2) is 5.78 Å². The van der Waals surface area contributed by atoms with Crippen LogP contribution in [0.25, 0.3) is 0 Å². The molecule has 2 nitrogen and oxygen atoms in total. The van der Waals surface area contributed by atoms with E-state index in [0.717, 1.165) is 11.8 Å². The fourth-order valence-electron chi connectivity index (χ4n) is 1.68. The van der Waals surface area contributed by atoms with Crippen molar-refractivity contribution < 1.29 is 9.18 Å². The van der Waals surface area contributed by atoms with E-state index < -0.39 is 5.82 Å². The zero-order valence-electron chi connectivity index (χ0n) is 11.5. The summed E-state index contributed by atoms with van der Waals surface area (Å²) in [7, 11) is 0. The first kappa shape index (κ1) is 15.1. The molecule has 5 heteroatoms. The summed E-state index contributed by atoms with van der Waals surface area (Å²) in [5, 5.41) is 2.93. The number of nitrogens with zero attached hydrogens (tertiary/aromatic N) is 1. The molecule has 20 heavy (non-hydrogen) atoms. The molecule has 0 fully saturated rings. The minimum atomic E-state index is -0.588. The molecule has 0 aliphatic rings. The van der Waals surface area contributed by atoms with Crippen molar-refractivity contribution >= 4 is 28.7 Å². The van der Waals surface area contributed by atoms with Gasteiger partial charge in [0.05, 0.1) is 17.7 Å². The van der Waals surface area contributed by atoms with E-state index in [1.165, 1.54) is 23.5 Å². The van der Waals surface area contributed by atoms with Gasteiger partial charge in [0.1, 0.15) is 10.8 Å². The second-order valence-corrected chi connectivity index (χ2v) is 6.98. The second kappa shape index (κ2) is 5.62. The number of Topliss-reactive ketones (excluding diaryl/α,β-unsaturated/α-hetero) is 1. The van der Waals surface area contributed by atoms with Crippen LogP contribution < -0.4 is 0 Å². The Bertz CT molecular complexity index is 646. The zero-order chi connectivity index (χ0) is 14.9. The molecule has 0 amide bonds. The van der Waals surface area contributed by atoms with Crippen molar-refractivity contribution in [3.8, 4) is 0 Å². The third kappa shape index (κ3) is 3.44. The summed E-state index contributed by atoms with van der Waals surface area (Å²) in [5.74, 6) is -0.871. The number of carbonyl (C=O) groups excluding carboxylic acids is 1. The number of rotatable bonds is 3. The molecule has 0 atom stereocenters. The normalized spacial score (nSPS) is 11.7. The van der Waals surface area contributed by atoms with Crippen LogP contribution in [0.2, 0.25) is 5.02 Å². The van der Waals surface area contributed by atoms with Gasteiger partial charge in [0.25, 0.3) is 0 Å². The molecule has 1 heterocycles. The van der Waals surface area contributed by atoms with Gasteiger partial charge >= 0.3 is 0 Å². The van der Waals surface area contributed by atoms with Crippen LogP contribution in [-0.4, -0.2) is 10.8 Å². The predicted octanol–water partition coefficient (Wildman–Crippen LogP) is 4.66.